The fourth-order valence-corrected chi connectivity index (χ4v) is 5.34. The SMILES string of the molecule is CCOC(=O)C(CS(=O)(=O)Cc1ccccc1)NC(=O)C(C)(C)NC(=O)[C@@H](SC(C)=O)C(C)C. The van der Waals surface area contributed by atoms with E-state index in [-0.39, 0.29) is 23.4 Å². The summed E-state index contributed by atoms with van der Waals surface area (Å²) in [6.07, 6.45) is 0. The molecule has 0 saturated carbocycles. The van der Waals surface area contributed by atoms with Crippen molar-refractivity contribution in [2.75, 3.05) is 12.4 Å². The maximum Gasteiger partial charge on any atom is 0.329 e. The Labute approximate surface area is 205 Å². The van der Waals surface area contributed by atoms with E-state index < -0.39 is 50.2 Å². The fraction of sp³-hybridized carbons (Fsp3) is 0.565. The van der Waals surface area contributed by atoms with Gasteiger partial charge in [0.15, 0.2) is 15.0 Å². The summed E-state index contributed by atoms with van der Waals surface area (Å²) in [7, 11) is -3.79. The van der Waals surface area contributed by atoms with Gasteiger partial charge in [-0.3, -0.25) is 14.4 Å². The Balaban J connectivity index is 3.01. The minimum absolute atomic E-state index is 0.00238. The molecule has 0 fully saturated rings. The summed E-state index contributed by atoms with van der Waals surface area (Å²) in [5.74, 6) is -3.31. The van der Waals surface area contributed by atoms with Crippen molar-refractivity contribution in [1.29, 1.82) is 0 Å². The van der Waals surface area contributed by atoms with Gasteiger partial charge in [-0.2, -0.15) is 0 Å². The predicted molar refractivity (Wildman–Crippen MR) is 132 cm³/mol. The molecule has 0 aliphatic heterocycles. The van der Waals surface area contributed by atoms with E-state index in [4.69, 9.17) is 4.74 Å². The molecule has 0 aliphatic carbocycles. The minimum Gasteiger partial charge on any atom is -0.464 e. The number of ether oxygens (including phenoxy) is 1. The molecule has 34 heavy (non-hydrogen) atoms. The molecule has 11 heteroatoms. The van der Waals surface area contributed by atoms with E-state index in [1.54, 1.807) is 51.1 Å². The molecule has 2 N–H and O–H groups in total. The third kappa shape index (κ3) is 9.84. The summed E-state index contributed by atoms with van der Waals surface area (Å²) in [6, 6.07) is 7.01. The number of benzene rings is 1. The molecule has 0 radical (unpaired) electrons. The van der Waals surface area contributed by atoms with Gasteiger partial charge in [-0.05, 0) is 32.3 Å². The number of rotatable bonds is 12. The third-order valence-corrected chi connectivity index (χ3v) is 7.65. The van der Waals surface area contributed by atoms with Gasteiger partial charge in [0.2, 0.25) is 11.8 Å². The number of carbonyl (C=O) groups excluding carboxylic acids is 4. The van der Waals surface area contributed by atoms with Gasteiger partial charge in [0.05, 0.1) is 23.4 Å². The van der Waals surface area contributed by atoms with E-state index >= 15 is 0 Å². The quantitative estimate of drug-likeness (QED) is 0.404. The molecule has 2 amide bonds. The standard InChI is InChI=1S/C23H34N2O7S2/c1-7-32-21(28)18(14-34(30,31)13-17-11-9-8-10-12-17)24-22(29)23(5,6)25-20(27)19(15(2)3)33-16(4)26/h8-12,15,18-19H,7,13-14H2,1-6H3,(H,24,29)(H,25,27)/t18?,19-/m0/s1. The van der Waals surface area contributed by atoms with Crippen molar-refractivity contribution < 1.29 is 32.3 Å². The van der Waals surface area contributed by atoms with Crippen LogP contribution >= 0.6 is 11.8 Å². The van der Waals surface area contributed by atoms with Crippen LogP contribution in [0.2, 0.25) is 0 Å². The maximum absolute atomic E-state index is 13.0. The van der Waals surface area contributed by atoms with Gasteiger partial charge in [0, 0.05) is 6.92 Å². The number of hydrogen-bond donors (Lipinski definition) is 2. The number of nitrogens with one attached hydrogen (secondary N) is 2. The first-order chi connectivity index (χ1) is 15.7. The van der Waals surface area contributed by atoms with E-state index in [1.807, 2.05) is 0 Å². The lowest BCUT2D eigenvalue weighted by Gasteiger charge is -2.30. The van der Waals surface area contributed by atoms with Gasteiger partial charge in [0.1, 0.15) is 11.6 Å². The number of esters is 1. The molecule has 1 aromatic rings. The number of carbonyl (C=O) groups is 4. The lowest BCUT2D eigenvalue weighted by atomic mass is 10.0. The average Bonchev–Trinajstić information content (AvgIpc) is 2.71. The van der Waals surface area contributed by atoms with Crippen molar-refractivity contribution >= 4 is 44.5 Å². The van der Waals surface area contributed by atoms with Gasteiger partial charge < -0.3 is 15.4 Å². The zero-order valence-corrected chi connectivity index (χ0v) is 22.0. The van der Waals surface area contributed by atoms with Crippen LogP contribution in [0.5, 0.6) is 0 Å². The monoisotopic (exact) mass is 514 g/mol. The lowest BCUT2D eigenvalue weighted by molar-refractivity contribution is -0.147. The van der Waals surface area contributed by atoms with Gasteiger partial charge in [0.25, 0.3) is 0 Å². The van der Waals surface area contributed by atoms with Crippen LogP contribution in [-0.4, -0.2) is 60.5 Å². The van der Waals surface area contributed by atoms with Crippen LogP contribution in [0, 0.1) is 5.92 Å². The predicted octanol–water partition coefficient (Wildman–Crippen LogP) is 1.85. The molecular weight excluding hydrogens is 480 g/mol. The van der Waals surface area contributed by atoms with Crippen molar-refractivity contribution in [2.24, 2.45) is 5.92 Å². The van der Waals surface area contributed by atoms with Crippen LogP contribution in [0.4, 0.5) is 0 Å². The number of hydrogen-bond acceptors (Lipinski definition) is 8. The first kappa shape index (κ1) is 29.6. The summed E-state index contributed by atoms with van der Waals surface area (Å²) in [4.78, 5) is 49.7. The summed E-state index contributed by atoms with van der Waals surface area (Å²) in [6.45, 7) is 9.34. The zero-order chi connectivity index (χ0) is 26.1. The molecule has 0 aromatic heterocycles. The van der Waals surface area contributed by atoms with Crippen molar-refractivity contribution in [3.05, 3.63) is 35.9 Å². The molecule has 1 aromatic carbocycles. The molecule has 0 bridgehead atoms. The van der Waals surface area contributed by atoms with Gasteiger partial charge in [-0.25, -0.2) is 13.2 Å². The number of sulfone groups is 1. The Kier molecular flexibility index (Phi) is 11.2. The van der Waals surface area contributed by atoms with Crippen LogP contribution in [0.1, 0.15) is 47.1 Å². The van der Waals surface area contributed by atoms with E-state index in [2.05, 4.69) is 10.6 Å². The molecule has 0 aliphatic rings. The second kappa shape index (κ2) is 12.9. The second-order valence-corrected chi connectivity index (χ2v) is 12.1. The van der Waals surface area contributed by atoms with E-state index in [1.165, 1.54) is 20.8 Å². The first-order valence-electron chi connectivity index (χ1n) is 10.9. The molecule has 0 heterocycles. The highest BCUT2D eigenvalue weighted by Gasteiger charge is 2.37. The van der Waals surface area contributed by atoms with Gasteiger partial charge in [-0.15, -0.1) is 0 Å². The molecule has 9 nitrogen and oxygen atoms in total. The van der Waals surface area contributed by atoms with Crippen LogP contribution in [0.25, 0.3) is 0 Å². The molecule has 2 atom stereocenters. The molecule has 190 valence electrons. The largest absolute Gasteiger partial charge is 0.464 e. The Morgan fingerprint density at radius 1 is 1.09 bits per heavy atom. The summed E-state index contributed by atoms with van der Waals surface area (Å²) in [5.41, 5.74) is -0.943. The summed E-state index contributed by atoms with van der Waals surface area (Å²) >= 11 is 0.866. The van der Waals surface area contributed by atoms with Crippen LogP contribution in [-0.2, 0) is 39.5 Å². The highest BCUT2D eigenvalue weighted by molar-refractivity contribution is 8.14. The van der Waals surface area contributed by atoms with E-state index in [9.17, 15) is 27.6 Å². The molecule has 1 rings (SSSR count). The van der Waals surface area contributed by atoms with Crippen LogP contribution in [0.15, 0.2) is 30.3 Å². The summed E-state index contributed by atoms with van der Waals surface area (Å²) in [5, 5.41) is 4.07. The number of thioether (sulfide) groups is 1. The van der Waals surface area contributed by atoms with Crippen LogP contribution < -0.4 is 10.6 Å². The lowest BCUT2D eigenvalue weighted by Crippen LogP contribution is -2.60. The maximum atomic E-state index is 13.0. The Bertz CT molecular complexity index is 976. The smallest absolute Gasteiger partial charge is 0.329 e. The Morgan fingerprint density at radius 3 is 2.18 bits per heavy atom. The van der Waals surface area contributed by atoms with Crippen molar-refractivity contribution in [3.8, 4) is 0 Å². The first-order valence-corrected chi connectivity index (χ1v) is 13.6. The van der Waals surface area contributed by atoms with Crippen molar-refractivity contribution in [2.45, 2.75) is 64.1 Å². The highest BCUT2D eigenvalue weighted by Crippen LogP contribution is 2.21. The molecule has 1 unspecified atom stereocenters. The Morgan fingerprint density at radius 2 is 1.68 bits per heavy atom. The minimum atomic E-state index is -3.79. The molecule has 0 saturated heterocycles. The van der Waals surface area contributed by atoms with E-state index in [0.29, 0.717) is 5.56 Å². The van der Waals surface area contributed by atoms with Gasteiger partial charge >= 0.3 is 5.97 Å². The fourth-order valence-electron chi connectivity index (χ4n) is 3.00. The number of amides is 2. The second-order valence-electron chi connectivity index (χ2n) is 8.71. The highest BCUT2D eigenvalue weighted by atomic mass is 32.2. The normalized spacial score (nSPS) is 13.6. The topological polar surface area (TPSA) is 136 Å². The Hall–Kier alpha value is -2.40. The van der Waals surface area contributed by atoms with Crippen molar-refractivity contribution in [1.82, 2.24) is 10.6 Å². The average molecular weight is 515 g/mol. The molecular formula is C23H34N2O7S2. The van der Waals surface area contributed by atoms with E-state index in [0.717, 1.165) is 11.8 Å². The molecule has 0 spiro atoms. The van der Waals surface area contributed by atoms with Crippen LogP contribution in [0.3, 0.4) is 0 Å². The van der Waals surface area contributed by atoms with Gasteiger partial charge in [-0.1, -0.05) is 55.9 Å². The van der Waals surface area contributed by atoms with Crippen molar-refractivity contribution in [3.63, 3.8) is 0 Å². The third-order valence-electron chi connectivity index (χ3n) is 4.69. The summed E-state index contributed by atoms with van der Waals surface area (Å²) < 4.78 is 30.4. The zero-order valence-electron chi connectivity index (χ0n) is 20.4.